The SMILES string of the molecule is CSc1ccccc1C(N)Cc1ccc(C)cc1. The second-order valence-corrected chi connectivity index (χ2v) is 5.39. The summed E-state index contributed by atoms with van der Waals surface area (Å²) in [5.41, 5.74) is 10.2. The van der Waals surface area contributed by atoms with Gasteiger partial charge in [-0.2, -0.15) is 0 Å². The lowest BCUT2D eigenvalue weighted by molar-refractivity contribution is 0.707. The van der Waals surface area contributed by atoms with E-state index in [1.165, 1.54) is 21.6 Å². The molecule has 18 heavy (non-hydrogen) atoms. The standard InChI is InChI=1S/C16H19NS/c1-12-7-9-13(10-8-12)11-15(17)14-5-3-4-6-16(14)18-2/h3-10,15H,11,17H2,1-2H3. The molecule has 2 N–H and O–H groups in total. The number of nitrogens with two attached hydrogens (primary N) is 1. The predicted octanol–water partition coefficient (Wildman–Crippen LogP) is 3.96. The molecular weight excluding hydrogens is 238 g/mol. The van der Waals surface area contributed by atoms with Crippen LogP contribution in [0.1, 0.15) is 22.7 Å². The van der Waals surface area contributed by atoms with Crippen molar-refractivity contribution < 1.29 is 0 Å². The van der Waals surface area contributed by atoms with Gasteiger partial charge in [0.15, 0.2) is 0 Å². The van der Waals surface area contributed by atoms with E-state index in [9.17, 15) is 0 Å². The van der Waals surface area contributed by atoms with Crippen LogP contribution in [0.5, 0.6) is 0 Å². The minimum Gasteiger partial charge on any atom is -0.324 e. The zero-order chi connectivity index (χ0) is 13.0. The molecular formula is C16H19NS. The average Bonchev–Trinajstić information content (AvgIpc) is 2.41. The Kier molecular flexibility index (Phi) is 4.45. The van der Waals surface area contributed by atoms with Crippen molar-refractivity contribution in [2.45, 2.75) is 24.3 Å². The summed E-state index contributed by atoms with van der Waals surface area (Å²) >= 11 is 1.76. The van der Waals surface area contributed by atoms with Crippen molar-refractivity contribution in [3.63, 3.8) is 0 Å². The van der Waals surface area contributed by atoms with E-state index in [1.807, 2.05) is 0 Å². The summed E-state index contributed by atoms with van der Waals surface area (Å²) in [6.07, 6.45) is 2.98. The lowest BCUT2D eigenvalue weighted by atomic mass is 9.99. The fourth-order valence-corrected chi connectivity index (χ4v) is 2.73. The van der Waals surface area contributed by atoms with Gasteiger partial charge in [-0.05, 0) is 36.8 Å². The van der Waals surface area contributed by atoms with Crippen LogP contribution in [0.25, 0.3) is 0 Å². The highest BCUT2D eigenvalue weighted by atomic mass is 32.2. The molecule has 2 aromatic carbocycles. The maximum Gasteiger partial charge on any atom is 0.0346 e. The zero-order valence-corrected chi connectivity index (χ0v) is 11.7. The lowest BCUT2D eigenvalue weighted by Crippen LogP contribution is -2.14. The molecule has 2 heteroatoms. The smallest absolute Gasteiger partial charge is 0.0346 e. The van der Waals surface area contributed by atoms with Gasteiger partial charge in [-0.1, -0.05) is 48.0 Å². The third kappa shape index (κ3) is 3.15. The molecule has 0 aliphatic rings. The van der Waals surface area contributed by atoms with Crippen LogP contribution in [-0.2, 0) is 6.42 Å². The van der Waals surface area contributed by atoms with Crippen LogP contribution < -0.4 is 5.73 Å². The van der Waals surface area contributed by atoms with Crippen LogP contribution >= 0.6 is 11.8 Å². The minimum absolute atomic E-state index is 0.0661. The maximum atomic E-state index is 6.33. The van der Waals surface area contributed by atoms with Gasteiger partial charge in [0.1, 0.15) is 0 Å². The zero-order valence-electron chi connectivity index (χ0n) is 10.9. The Hall–Kier alpha value is -1.25. The number of hydrogen-bond acceptors (Lipinski definition) is 2. The van der Waals surface area contributed by atoms with Crippen LogP contribution in [0, 0.1) is 6.92 Å². The summed E-state index contributed by atoms with van der Waals surface area (Å²) in [5, 5.41) is 0. The van der Waals surface area contributed by atoms with E-state index in [0.717, 1.165) is 6.42 Å². The lowest BCUT2D eigenvalue weighted by Gasteiger charge is -2.15. The molecule has 94 valence electrons. The molecule has 0 aliphatic carbocycles. The normalized spacial score (nSPS) is 12.4. The van der Waals surface area contributed by atoms with Gasteiger partial charge in [-0.25, -0.2) is 0 Å². The number of aryl methyl sites for hydroxylation is 1. The fourth-order valence-electron chi connectivity index (χ4n) is 2.06. The van der Waals surface area contributed by atoms with E-state index in [-0.39, 0.29) is 6.04 Å². The van der Waals surface area contributed by atoms with Crippen LogP contribution in [-0.4, -0.2) is 6.26 Å². The summed E-state index contributed by atoms with van der Waals surface area (Å²) in [5.74, 6) is 0. The highest BCUT2D eigenvalue weighted by Gasteiger charge is 2.10. The summed E-state index contributed by atoms with van der Waals surface area (Å²) < 4.78 is 0. The summed E-state index contributed by atoms with van der Waals surface area (Å²) in [7, 11) is 0. The Morgan fingerprint density at radius 2 is 1.72 bits per heavy atom. The van der Waals surface area contributed by atoms with Crippen molar-refractivity contribution >= 4 is 11.8 Å². The van der Waals surface area contributed by atoms with Gasteiger partial charge in [-0.15, -0.1) is 11.8 Å². The quantitative estimate of drug-likeness (QED) is 0.839. The number of rotatable bonds is 4. The van der Waals surface area contributed by atoms with E-state index in [0.29, 0.717) is 0 Å². The maximum absolute atomic E-state index is 6.33. The van der Waals surface area contributed by atoms with Crippen LogP contribution in [0.4, 0.5) is 0 Å². The van der Waals surface area contributed by atoms with Crippen LogP contribution in [0.2, 0.25) is 0 Å². The Balaban J connectivity index is 2.16. The topological polar surface area (TPSA) is 26.0 Å². The first-order valence-corrected chi connectivity index (χ1v) is 7.37. The van der Waals surface area contributed by atoms with Crippen LogP contribution in [0.3, 0.4) is 0 Å². The molecule has 0 fully saturated rings. The molecule has 0 bridgehead atoms. The first kappa shape index (κ1) is 13.2. The highest BCUT2D eigenvalue weighted by Crippen LogP contribution is 2.26. The Labute approximate surface area is 113 Å². The van der Waals surface area contributed by atoms with Crippen molar-refractivity contribution in [2.75, 3.05) is 6.26 Å². The van der Waals surface area contributed by atoms with E-state index in [1.54, 1.807) is 11.8 Å². The van der Waals surface area contributed by atoms with E-state index in [4.69, 9.17) is 5.73 Å². The number of hydrogen-bond donors (Lipinski definition) is 1. The Morgan fingerprint density at radius 3 is 2.39 bits per heavy atom. The Bertz CT molecular complexity index is 505. The minimum atomic E-state index is 0.0661. The first-order chi connectivity index (χ1) is 8.70. The average molecular weight is 257 g/mol. The van der Waals surface area contributed by atoms with Gasteiger partial charge in [0.25, 0.3) is 0 Å². The molecule has 0 aromatic heterocycles. The molecule has 0 amide bonds. The molecule has 0 heterocycles. The molecule has 2 aromatic rings. The largest absolute Gasteiger partial charge is 0.324 e. The summed E-state index contributed by atoms with van der Waals surface area (Å²) in [6, 6.07) is 17.1. The van der Waals surface area contributed by atoms with Crippen molar-refractivity contribution in [2.24, 2.45) is 5.73 Å². The molecule has 0 saturated carbocycles. The van der Waals surface area contributed by atoms with Gasteiger partial charge in [-0.3, -0.25) is 0 Å². The third-order valence-electron chi connectivity index (χ3n) is 3.11. The summed E-state index contributed by atoms with van der Waals surface area (Å²) in [4.78, 5) is 1.28. The fraction of sp³-hybridized carbons (Fsp3) is 0.250. The molecule has 0 aliphatic heterocycles. The van der Waals surface area contributed by atoms with Gasteiger partial charge in [0.05, 0.1) is 0 Å². The van der Waals surface area contributed by atoms with Gasteiger partial charge in [0, 0.05) is 10.9 Å². The monoisotopic (exact) mass is 257 g/mol. The Morgan fingerprint density at radius 1 is 1.06 bits per heavy atom. The molecule has 1 nitrogen and oxygen atoms in total. The number of benzene rings is 2. The third-order valence-corrected chi connectivity index (χ3v) is 3.93. The van der Waals surface area contributed by atoms with Crippen molar-refractivity contribution in [1.82, 2.24) is 0 Å². The van der Waals surface area contributed by atoms with Crippen molar-refractivity contribution in [3.8, 4) is 0 Å². The van der Waals surface area contributed by atoms with Crippen molar-refractivity contribution in [1.29, 1.82) is 0 Å². The molecule has 1 atom stereocenters. The molecule has 0 saturated heterocycles. The van der Waals surface area contributed by atoms with Gasteiger partial charge < -0.3 is 5.73 Å². The molecule has 2 rings (SSSR count). The van der Waals surface area contributed by atoms with Gasteiger partial charge >= 0.3 is 0 Å². The van der Waals surface area contributed by atoms with E-state index >= 15 is 0 Å². The van der Waals surface area contributed by atoms with E-state index < -0.39 is 0 Å². The van der Waals surface area contributed by atoms with Crippen molar-refractivity contribution in [3.05, 3.63) is 65.2 Å². The highest BCUT2D eigenvalue weighted by molar-refractivity contribution is 7.98. The van der Waals surface area contributed by atoms with Crippen LogP contribution in [0.15, 0.2) is 53.4 Å². The molecule has 1 unspecified atom stereocenters. The first-order valence-electron chi connectivity index (χ1n) is 6.14. The second kappa shape index (κ2) is 6.07. The summed E-state index contributed by atoms with van der Waals surface area (Å²) in [6.45, 7) is 2.10. The second-order valence-electron chi connectivity index (χ2n) is 4.54. The van der Waals surface area contributed by atoms with E-state index in [2.05, 4.69) is 61.7 Å². The molecule has 0 spiro atoms. The number of thioether (sulfide) groups is 1. The molecule has 0 radical (unpaired) electrons. The van der Waals surface area contributed by atoms with Gasteiger partial charge in [0.2, 0.25) is 0 Å². The predicted molar refractivity (Wildman–Crippen MR) is 80.0 cm³/mol.